The number of amides is 2. The van der Waals surface area contributed by atoms with Crippen LogP contribution in [-0.2, 0) is 4.74 Å². The molecule has 1 aliphatic rings. The molecule has 0 spiro atoms. The van der Waals surface area contributed by atoms with Gasteiger partial charge in [-0.1, -0.05) is 18.2 Å². The summed E-state index contributed by atoms with van der Waals surface area (Å²) in [5.41, 5.74) is 3.96. The highest BCUT2D eigenvalue weighted by Crippen LogP contribution is 2.36. The lowest BCUT2D eigenvalue weighted by Crippen LogP contribution is -2.34. The van der Waals surface area contributed by atoms with E-state index in [2.05, 4.69) is 5.32 Å². The van der Waals surface area contributed by atoms with E-state index in [1.165, 1.54) is 12.1 Å². The first-order valence-corrected chi connectivity index (χ1v) is 12.2. The van der Waals surface area contributed by atoms with Crippen molar-refractivity contribution in [3.8, 4) is 22.5 Å². The second-order valence-electron chi connectivity index (χ2n) is 8.95. The van der Waals surface area contributed by atoms with Gasteiger partial charge < -0.3 is 19.4 Å². The van der Waals surface area contributed by atoms with Crippen LogP contribution in [0.15, 0.2) is 83.5 Å². The molecule has 5 rings (SSSR count). The predicted octanol–water partition coefficient (Wildman–Crippen LogP) is 6.03. The molecule has 0 saturated carbocycles. The summed E-state index contributed by atoms with van der Waals surface area (Å²) in [7, 11) is 3.16. The lowest BCUT2D eigenvalue weighted by atomic mass is 9.99. The normalized spacial score (nSPS) is 15.4. The Kier molecular flexibility index (Phi) is 6.77. The van der Waals surface area contributed by atoms with E-state index in [0.717, 1.165) is 30.5 Å². The molecule has 4 aromatic rings. The van der Waals surface area contributed by atoms with E-state index in [0.29, 0.717) is 33.4 Å². The fourth-order valence-electron chi connectivity index (χ4n) is 4.82. The molecule has 1 aromatic heterocycles. The quantitative estimate of drug-likeness (QED) is 0.330. The van der Waals surface area contributed by atoms with Crippen LogP contribution in [0.5, 0.6) is 0 Å². The summed E-state index contributed by atoms with van der Waals surface area (Å²) >= 11 is 0. The van der Waals surface area contributed by atoms with E-state index in [9.17, 15) is 14.0 Å². The summed E-state index contributed by atoms with van der Waals surface area (Å²) < 4.78 is 24.5. The maximum absolute atomic E-state index is 13.5. The monoisotopic (exact) mass is 498 g/mol. The predicted molar refractivity (Wildman–Crippen MR) is 141 cm³/mol. The summed E-state index contributed by atoms with van der Waals surface area (Å²) in [5.74, 6) is -0.280. The first kappa shape index (κ1) is 24.3. The summed E-state index contributed by atoms with van der Waals surface area (Å²) in [6, 6.07) is 19.0. The minimum Gasteiger partial charge on any atom is -0.505 e. The van der Waals surface area contributed by atoms with Crippen LogP contribution in [0.25, 0.3) is 33.4 Å². The van der Waals surface area contributed by atoms with Crippen molar-refractivity contribution >= 4 is 22.8 Å². The molecule has 2 heterocycles. The highest BCUT2D eigenvalue weighted by atomic mass is 19.1. The number of halogens is 1. The Morgan fingerprint density at radius 2 is 1.73 bits per heavy atom. The number of nitrogens with zero attached hydrogens (tertiary/aromatic N) is 1. The average molecular weight is 499 g/mol. The van der Waals surface area contributed by atoms with Crippen molar-refractivity contribution in [3.05, 3.63) is 96.0 Å². The van der Waals surface area contributed by atoms with Crippen LogP contribution >= 0.6 is 0 Å². The summed E-state index contributed by atoms with van der Waals surface area (Å²) in [4.78, 5) is 27.8. The average Bonchev–Trinajstić information content (AvgIpc) is 3.56. The van der Waals surface area contributed by atoms with Gasteiger partial charge in [0.2, 0.25) is 0 Å². The zero-order valence-corrected chi connectivity index (χ0v) is 20.7. The Bertz CT molecular complexity index is 1470. The number of furan rings is 1. The fourth-order valence-corrected chi connectivity index (χ4v) is 4.82. The van der Waals surface area contributed by atoms with Crippen molar-refractivity contribution in [3.63, 3.8) is 0 Å². The third-order valence-electron chi connectivity index (χ3n) is 6.71. The lowest BCUT2D eigenvalue weighted by Gasteiger charge is -2.22. The Morgan fingerprint density at radius 3 is 2.43 bits per heavy atom. The second kappa shape index (κ2) is 10.3. The number of hydrogen-bond acceptors (Lipinski definition) is 4. The molecule has 1 unspecified atom stereocenters. The first-order chi connectivity index (χ1) is 18.0. The van der Waals surface area contributed by atoms with Crippen LogP contribution in [-0.4, -0.2) is 43.5 Å². The smallest absolute Gasteiger partial charge is 0.255 e. The molecule has 0 aliphatic carbocycles. The second-order valence-corrected chi connectivity index (χ2v) is 8.95. The molecule has 1 atom stereocenters. The van der Waals surface area contributed by atoms with E-state index in [4.69, 9.17) is 9.15 Å². The number of methoxy groups -OCH3 is 1. The van der Waals surface area contributed by atoms with E-state index >= 15 is 0 Å². The number of nitrogens with one attached hydrogen (secondary N) is 1. The van der Waals surface area contributed by atoms with Gasteiger partial charge in [-0.2, -0.15) is 0 Å². The van der Waals surface area contributed by atoms with Crippen molar-refractivity contribution in [1.82, 2.24) is 10.2 Å². The van der Waals surface area contributed by atoms with E-state index < -0.39 is 0 Å². The van der Waals surface area contributed by atoms with Crippen LogP contribution in [0.2, 0.25) is 0 Å². The molecular weight excluding hydrogens is 471 g/mol. The van der Waals surface area contributed by atoms with Gasteiger partial charge in [0.25, 0.3) is 11.8 Å². The van der Waals surface area contributed by atoms with Gasteiger partial charge in [-0.05, 0) is 78.6 Å². The number of carbonyl (C=O) groups is 2. The minimum absolute atomic E-state index is 0.00840. The van der Waals surface area contributed by atoms with Crippen LogP contribution in [0, 0.1) is 5.82 Å². The largest absolute Gasteiger partial charge is 0.505 e. The van der Waals surface area contributed by atoms with Crippen molar-refractivity contribution in [2.24, 2.45) is 0 Å². The topological polar surface area (TPSA) is 71.8 Å². The molecule has 1 aliphatic heterocycles. The number of ether oxygens (including phenoxy) is 1. The maximum atomic E-state index is 13.5. The van der Waals surface area contributed by atoms with Crippen LogP contribution in [0.1, 0.15) is 33.6 Å². The third-order valence-corrected chi connectivity index (χ3v) is 6.71. The highest BCUT2D eigenvalue weighted by Gasteiger charge is 2.28. The molecule has 188 valence electrons. The minimum atomic E-state index is -0.364. The molecule has 3 aromatic carbocycles. The molecule has 37 heavy (non-hydrogen) atoms. The molecule has 0 bridgehead atoms. The Morgan fingerprint density at radius 1 is 1.03 bits per heavy atom. The Labute approximate surface area is 214 Å². The van der Waals surface area contributed by atoms with Gasteiger partial charge in [0.1, 0.15) is 17.2 Å². The molecular formula is C30H27FN2O4. The van der Waals surface area contributed by atoms with Gasteiger partial charge >= 0.3 is 0 Å². The van der Waals surface area contributed by atoms with Crippen molar-refractivity contribution < 1.29 is 23.1 Å². The summed E-state index contributed by atoms with van der Waals surface area (Å²) in [6.45, 7) is 0.717. The molecule has 0 radical (unpaired) electrons. The summed E-state index contributed by atoms with van der Waals surface area (Å²) in [6.07, 6.45) is 5.42. The molecule has 2 amide bonds. The number of fused-ring (bicyclic) bond motifs is 1. The van der Waals surface area contributed by atoms with E-state index in [1.54, 1.807) is 32.6 Å². The van der Waals surface area contributed by atoms with Gasteiger partial charge in [-0.3, -0.25) is 9.59 Å². The molecule has 6 nitrogen and oxygen atoms in total. The van der Waals surface area contributed by atoms with Crippen LogP contribution in [0.3, 0.4) is 0 Å². The molecule has 1 N–H and O–H groups in total. The Hall–Kier alpha value is -4.39. The molecule has 1 saturated heterocycles. The summed E-state index contributed by atoms with van der Waals surface area (Å²) in [5, 5.41) is 3.33. The fraction of sp³-hybridized carbons (Fsp3) is 0.200. The third kappa shape index (κ3) is 4.72. The zero-order chi connectivity index (χ0) is 25.9. The molecule has 7 heteroatoms. The lowest BCUT2D eigenvalue weighted by molar-refractivity contribution is 0.0760. The van der Waals surface area contributed by atoms with Crippen molar-refractivity contribution in [2.45, 2.75) is 18.9 Å². The van der Waals surface area contributed by atoms with Crippen LogP contribution < -0.4 is 5.32 Å². The van der Waals surface area contributed by atoms with Gasteiger partial charge in [0.05, 0.1) is 25.0 Å². The van der Waals surface area contributed by atoms with E-state index in [1.807, 2.05) is 53.4 Å². The number of carbonyl (C=O) groups excluding carboxylic acids is 2. The van der Waals surface area contributed by atoms with E-state index in [-0.39, 0.29) is 23.7 Å². The van der Waals surface area contributed by atoms with Gasteiger partial charge in [0, 0.05) is 30.1 Å². The van der Waals surface area contributed by atoms with Crippen molar-refractivity contribution in [1.29, 1.82) is 0 Å². The number of likely N-dealkylation sites (tertiary alicyclic amines) is 1. The Balaban J connectivity index is 1.47. The van der Waals surface area contributed by atoms with Gasteiger partial charge in [-0.15, -0.1) is 0 Å². The van der Waals surface area contributed by atoms with Gasteiger partial charge in [0.15, 0.2) is 0 Å². The standard InChI is InChI=1S/C30H27FN2O4/c1-32-29(34)27-25-18-22(11-14-26(25)37-28(27)20-9-12-23(31)13-10-20)19-5-7-21(8-6-19)30(35)33-16-3-4-24(33)15-17-36-2/h5-15,17-18,24H,3-4,16H2,1-2H3,(H,32,34). The highest BCUT2D eigenvalue weighted by molar-refractivity contribution is 6.11. The number of hydrogen-bond donors (Lipinski definition) is 1. The van der Waals surface area contributed by atoms with Crippen molar-refractivity contribution in [2.75, 3.05) is 20.7 Å². The maximum Gasteiger partial charge on any atom is 0.255 e. The zero-order valence-electron chi connectivity index (χ0n) is 20.7. The number of benzene rings is 3. The molecule has 1 fully saturated rings. The number of rotatable bonds is 6. The SMILES string of the molecule is CNC(=O)c1c(-c2ccc(F)cc2)oc2ccc(-c3ccc(C(=O)N4CCCC4C=COC)cc3)cc12. The first-order valence-electron chi connectivity index (χ1n) is 12.2. The van der Waals surface area contributed by atoms with Gasteiger partial charge in [-0.25, -0.2) is 4.39 Å². The van der Waals surface area contributed by atoms with Crippen LogP contribution in [0.4, 0.5) is 4.39 Å².